The molecule has 0 radical (unpaired) electrons. The molecule has 1 aromatic rings. The van der Waals surface area contributed by atoms with Crippen LogP contribution in [0, 0.1) is 0 Å². The Morgan fingerprint density at radius 1 is 1.35 bits per heavy atom. The smallest absolute Gasteiger partial charge is 0.454 e. The van der Waals surface area contributed by atoms with Crippen molar-refractivity contribution in [1.29, 1.82) is 0 Å². The van der Waals surface area contributed by atoms with E-state index < -0.39 is 12.0 Å². The molecule has 0 unspecified atom stereocenters. The van der Waals surface area contributed by atoms with Gasteiger partial charge in [-0.2, -0.15) is 13.2 Å². The first-order chi connectivity index (χ1) is 7.80. The fourth-order valence-corrected chi connectivity index (χ4v) is 1.11. The molecule has 0 aliphatic heterocycles. The van der Waals surface area contributed by atoms with Crippen LogP contribution in [0.4, 0.5) is 18.9 Å². The summed E-state index contributed by atoms with van der Waals surface area (Å²) in [7, 11) is 0. The molecule has 2 N–H and O–H groups in total. The van der Waals surface area contributed by atoms with Crippen LogP contribution in [0.1, 0.15) is 6.92 Å². The van der Waals surface area contributed by atoms with Crippen molar-refractivity contribution >= 4 is 11.5 Å². The van der Waals surface area contributed by atoms with E-state index in [1.165, 1.54) is 19.1 Å². The summed E-state index contributed by atoms with van der Waals surface area (Å²) in [6.07, 6.45) is -4.45. The van der Waals surface area contributed by atoms with Gasteiger partial charge in [-0.25, -0.2) is 0 Å². The molecule has 0 heterocycles. The van der Waals surface area contributed by atoms with E-state index in [0.29, 0.717) is 6.08 Å². The molecule has 0 aliphatic carbocycles. The molecular weight excluding hydrogens is 235 g/mol. The first kappa shape index (κ1) is 13.1. The van der Waals surface area contributed by atoms with Crippen molar-refractivity contribution in [1.82, 2.24) is 0 Å². The lowest BCUT2D eigenvalue weighted by molar-refractivity contribution is -0.165. The minimum atomic E-state index is -4.89. The Kier molecular flexibility index (Phi) is 3.77. The van der Waals surface area contributed by atoms with Gasteiger partial charge in [-0.1, -0.05) is 12.1 Å². The molecule has 0 aromatic heterocycles. The van der Waals surface area contributed by atoms with Gasteiger partial charge in [-0.15, -0.1) is 0 Å². The molecule has 0 atom stereocenters. The third-order valence-corrected chi connectivity index (χ3v) is 1.86. The molecule has 6 heteroatoms. The molecule has 92 valence electrons. The highest BCUT2D eigenvalue weighted by Crippen LogP contribution is 2.23. The summed E-state index contributed by atoms with van der Waals surface area (Å²) in [5, 5.41) is 11.9. The number of allylic oxidation sites excluding steroid dienone is 2. The predicted octanol–water partition coefficient (Wildman–Crippen LogP) is 2.84. The molecule has 3 nitrogen and oxygen atoms in total. The van der Waals surface area contributed by atoms with E-state index in [-0.39, 0.29) is 17.1 Å². The normalized spacial score (nSPS) is 12.4. The van der Waals surface area contributed by atoms with Gasteiger partial charge in [0.25, 0.3) is 5.78 Å². The molecule has 1 aromatic carbocycles. The molecule has 1 rings (SSSR count). The second-order valence-electron chi connectivity index (χ2n) is 3.33. The van der Waals surface area contributed by atoms with E-state index in [9.17, 15) is 23.1 Å². The SMILES string of the molecule is C/C(=C\C(=O)C(F)(F)F)Nc1ccccc1O. The molecule has 0 fully saturated rings. The number of alkyl halides is 3. The second kappa shape index (κ2) is 4.90. The summed E-state index contributed by atoms with van der Waals surface area (Å²) >= 11 is 0. The standard InChI is InChI=1S/C11H10F3NO2/c1-7(6-10(17)11(12,13)14)15-8-4-2-3-5-9(8)16/h2-6,15-16H,1H3/b7-6+. The molecule has 0 aliphatic rings. The quantitative estimate of drug-likeness (QED) is 0.636. The average Bonchev–Trinajstić information content (AvgIpc) is 2.20. The van der Waals surface area contributed by atoms with Crippen molar-refractivity contribution in [3.05, 3.63) is 36.0 Å². The van der Waals surface area contributed by atoms with Crippen molar-refractivity contribution < 1.29 is 23.1 Å². The van der Waals surface area contributed by atoms with Crippen molar-refractivity contribution in [3.63, 3.8) is 0 Å². The highest BCUT2D eigenvalue weighted by atomic mass is 19.4. The summed E-state index contributed by atoms with van der Waals surface area (Å²) in [5.41, 5.74) is 0.227. The zero-order valence-corrected chi connectivity index (χ0v) is 8.88. The number of benzene rings is 1. The van der Waals surface area contributed by atoms with E-state index >= 15 is 0 Å². The number of rotatable bonds is 3. The number of anilines is 1. The molecule has 0 saturated carbocycles. The number of carbonyl (C=O) groups is 1. The van der Waals surface area contributed by atoms with Gasteiger partial charge in [0.15, 0.2) is 0 Å². The number of nitrogens with one attached hydrogen (secondary N) is 1. The van der Waals surface area contributed by atoms with Gasteiger partial charge in [0.1, 0.15) is 5.75 Å². The van der Waals surface area contributed by atoms with Crippen molar-refractivity contribution in [2.24, 2.45) is 0 Å². The lowest BCUT2D eigenvalue weighted by Gasteiger charge is -2.08. The highest BCUT2D eigenvalue weighted by molar-refractivity contribution is 5.95. The van der Waals surface area contributed by atoms with Crippen molar-refractivity contribution in [2.45, 2.75) is 13.1 Å². The number of hydrogen-bond donors (Lipinski definition) is 2. The van der Waals surface area contributed by atoms with Crippen LogP contribution in [0.5, 0.6) is 5.75 Å². The molecule has 17 heavy (non-hydrogen) atoms. The fraction of sp³-hybridized carbons (Fsp3) is 0.182. The molecule has 0 bridgehead atoms. The van der Waals surface area contributed by atoms with Gasteiger partial charge in [0.2, 0.25) is 0 Å². The number of halogens is 3. The zero-order chi connectivity index (χ0) is 13.1. The topological polar surface area (TPSA) is 49.3 Å². The van der Waals surface area contributed by atoms with E-state index in [1.54, 1.807) is 12.1 Å². The summed E-state index contributed by atoms with van der Waals surface area (Å²) in [4.78, 5) is 10.6. The van der Waals surface area contributed by atoms with Gasteiger partial charge in [0.05, 0.1) is 5.69 Å². The Morgan fingerprint density at radius 3 is 2.47 bits per heavy atom. The molecule has 0 amide bonds. The lowest BCUT2D eigenvalue weighted by Crippen LogP contribution is -2.21. The summed E-state index contributed by atoms with van der Waals surface area (Å²) in [6.45, 7) is 1.30. The molecular formula is C11H10F3NO2. The van der Waals surface area contributed by atoms with Crippen LogP contribution in [-0.2, 0) is 4.79 Å². The number of phenolic OH excluding ortho intramolecular Hbond substituents is 1. The predicted molar refractivity (Wildman–Crippen MR) is 56.5 cm³/mol. The lowest BCUT2D eigenvalue weighted by atomic mass is 10.2. The van der Waals surface area contributed by atoms with Crippen LogP contribution in [0.2, 0.25) is 0 Å². The summed E-state index contributed by atoms with van der Waals surface area (Å²) in [5.74, 6) is -2.06. The zero-order valence-electron chi connectivity index (χ0n) is 8.88. The maximum absolute atomic E-state index is 12.0. The fourth-order valence-electron chi connectivity index (χ4n) is 1.11. The maximum atomic E-state index is 12.0. The van der Waals surface area contributed by atoms with E-state index in [2.05, 4.69) is 5.32 Å². The van der Waals surface area contributed by atoms with Crippen molar-refractivity contribution in [3.8, 4) is 5.75 Å². The molecule has 0 spiro atoms. The van der Waals surface area contributed by atoms with E-state index in [1.807, 2.05) is 0 Å². The largest absolute Gasteiger partial charge is 0.506 e. The first-order valence-electron chi connectivity index (χ1n) is 4.65. The van der Waals surface area contributed by atoms with E-state index in [4.69, 9.17) is 0 Å². The van der Waals surface area contributed by atoms with Gasteiger partial charge < -0.3 is 10.4 Å². The van der Waals surface area contributed by atoms with Crippen LogP contribution in [-0.4, -0.2) is 17.1 Å². The van der Waals surface area contributed by atoms with Crippen LogP contribution in [0.25, 0.3) is 0 Å². The van der Waals surface area contributed by atoms with Crippen molar-refractivity contribution in [2.75, 3.05) is 5.32 Å². The Balaban J connectivity index is 2.80. The van der Waals surface area contributed by atoms with Crippen LogP contribution >= 0.6 is 0 Å². The van der Waals surface area contributed by atoms with Gasteiger partial charge in [0, 0.05) is 11.8 Å². The number of hydrogen-bond acceptors (Lipinski definition) is 3. The number of ketones is 1. The summed E-state index contributed by atoms with van der Waals surface area (Å²) in [6, 6.07) is 6.02. The number of para-hydroxylation sites is 2. The number of phenols is 1. The Labute approximate surface area is 95.6 Å². The van der Waals surface area contributed by atoms with E-state index in [0.717, 1.165) is 0 Å². The first-order valence-corrected chi connectivity index (χ1v) is 4.65. The maximum Gasteiger partial charge on any atom is 0.454 e. The number of carbonyl (C=O) groups excluding carboxylic acids is 1. The third-order valence-electron chi connectivity index (χ3n) is 1.86. The highest BCUT2D eigenvalue weighted by Gasteiger charge is 2.36. The summed E-state index contributed by atoms with van der Waals surface area (Å²) < 4.78 is 35.9. The van der Waals surface area contributed by atoms with Crippen LogP contribution < -0.4 is 5.32 Å². The third kappa shape index (κ3) is 3.82. The monoisotopic (exact) mass is 245 g/mol. The number of aromatic hydroxyl groups is 1. The second-order valence-corrected chi connectivity index (χ2v) is 3.33. The minimum absolute atomic E-state index is 0.00572. The minimum Gasteiger partial charge on any atom is -0.506 e. The molecule has 0 saturated heterocycles. The van der Waals surface area contributed by atoms with Gasteiger partial charge >= 0.3 is 6.18 Å². The van der Waals surface area contributed by atoms with Gasteiger partial charge in [-0.05, 0) is 19.1 Å². The Bertz CT molecular complexity index is 452. The van der Waals surface area contributed by atoms with Crippen LogP contribution in [0.15, 0.2) is 36.0 Å². The Hall–Kier alpha value is -1.98. The Morgan fingerprint density at radius 2 is 1.94 bits per heavy atom. The van der Waals surface area contributed by atoms with Gasteiger partial charge in [-0.3, -0.25) is 4.79 Å². The van der Waals surface area contributed by atoms with Crippen LogP contribution in [0.3, 0.4) is 0 Å². The average molecular weight is 245 g/mol.